The number of fused-ring (bicyclic) bond motifs is 2. The predicted octanol–water partition coefficient (Wildman–Crippen LogP) is 6.31. The second-order valence-corrected chi connectivity index (χ2v) is 8.62. The van der Waals surface area contributed by atoms with Crippen LogP contribution in [0.3, 0.4) is 0 Å². The fourth-order valence-electron chi connectivity index (χ4n) is 4.70. The molecule has 7 heteroatoms. The van der Waals surface area contributed by atoms with Crippen LogP contribution in [0.2, 0.25) is 0 Å². The summed E-state index contributed by atoms with van der Waals surface area (Å²) >= 11 is 0. The molecule has 178 valence electrons. The zero-order valence-electron chi connectivity index (χ0n) is 18.5. The van der Waals surface area contributed by atoms with Gasteiger partial charge in [-0.05, 0) is 33.2 Å². The Kier molecular flexibility index (Phi) is 5.93. The van der Waals surface area contributed by atoms with Crippen molar-refractivity contribution in [1.82, 2.24) is 0 Å². The van der Waals surface area contributed by atoms with Crippen molar-refractivity contribution < 1.29 is 32.2 Å². The van der Waals surface area contributed by atoms with Gasteiger partial charge in [0.2, 0.25) is 6.10 Å². The van der Waals surface area contributed by atoms with E-state index in [1.165, 1.54) is 0 Å². The highest BCUT2D eigenvalue weighted by Gasteiger charge is 2.49. The van der Waals surface area contributed by atoms with Crippen molar-refractivity contribution in [3.05, 3.63) is 96.1 Å². The fraction of sp³-hybridized carbons (Fsp3) is 0.214. The molecule has 1 aliphatic rings. The zero-order valence-corrected chi connectivity index (χ0v) is 18.5. The van der Waals surface area contributed by atoms with E-state index in [1.54, 1.807) is 72.8 Å². The first-order chi connectivity index (χ1) is 16.8. The van der Waals surface area contributed by atoms with Gasteiger partial charge in [0.25, 0.3) is 0 Å². The lowest BCUT2D eigenvalue weighted by molar-refractivity contribution is -0.226. The monoisotopic (exact) mass is 478 g/mol. The van der Waals surface area contributed by atoms with Gasteiger partial charge in [-0.1, -0.05) is 78.9 Å². The van der Waals surface area contributed by atoms with Gasteiger partial charge in [0.15, 0.2) is 0 Å². The number of cyclic esters (lactones) is 1. The Morgan fingerprint density at radius 1 is 0.914 bits per heavy atom. The Balaban J connectivity index is 1.54. The van der Waals surface area contributed by atoms with Crippen LogP contribution in [0.1, 0.15) is 23.7 Å². The first kappa shape index (κ1) is 22.9. The Hall–Kier alpha value is -3.87. The van der Waals surface area contributed by atoms with Gasteiger partial charge in [-0.15, -0.1) is 0 Å². The minimum atomic E-state index is -4.87. The molecule has 0 amide bonds. The standard InChI is InChI=1S/C28H21F3O4/c29-28(30,31)26(25-20-12-6-4-10-18(20)15-19-11-5-7-13-21(19)25)35-27(33)22-16-24(32)34-23(22)14-17-8-2-1-3-9-17/h1-13,15,22-23,26H,14,16H2/t22-,23+,26+/m1/s1. The molecule has 1 aliphatic heterocycles. The van der Waals surface area contributed by atoms with E-state index < -0.39 is 36.2 Å². The van der Waals surface area contributed by atoms with Crippen LogP contribution in [0.25, 0.3) is 21.5 Å². The number of hydrogen-bond donors (Lipinski definition) is 0. The van der Waals surface area contributed by atoms with Crippen molar-refractivity contribution >= 4 is 33.5 Å². The fourth-order valence-corrected chi connectivity index (χ4v) is 4.70. The van der Waals surface area contributed by atoms with Crippen LogP contribution in [0.5, 0.6) is 0 Å². The number of rotatable bonds is 5. The molecule has 0 bridgehead atoms. The van der Waals surface area contributed by atoms with Crippen LogP contribution in [0.4, 0.5) is 13.2 Å². The second kappa shape index (κ2) is 9.06. The average molecular weight is 478 g/mol. The number of carbonyl (C=O) groups is 2. The first-order valence-corrected chi connectivity index (χ1v) is 11.2. The SMILES string of the molecule is O=C1C[C@@H](C(=O)O[C@@H](c2c3ccccc3cc3ccccc23)C(F)(F)F)[C@H](Cc2ccccc2)O1. The maximum Gasteiger partial charge on any atom is 0.429 e. The number of ether oxygens (including phenoxy) is 2. The highest BCUT2D eigenvalue weighted by atomic mass is 19.4. The molecule has 4 aromatic carbocycles. The van der Waals surface area contributed by atoms with Crippen molar-refractivity contribution in [2.45, 2.75) is 31.2 Å². The summed E-state index contributed by atoms with van der Waals surface area (Å²) in [5.41, 5.74) is 0.682. The summed E-state index contributed by atoms with van der Waals surface area (Å²) in [7, 11) is 0. The van der Waals surface area contributed by atoms with E-state index >= 15 is 0 Å². The van der Waals surface area contributed by atoms with E-state index in [9.17, 15) is 22.8 Å². The summed E-state index contributed by atoms with van der Waals surface area (Å²) in [5, 5.41) is 1.91. The van der Waals surface area contributed by atoms with E-state index in [1.807, 2.05) is 12.1 Å². The van der Waals surface area contributed by atoms with Gasteiger partial charge in [-0.25, -0.2) is 0 Å². The van der Waals surface area contributed by atoms with Crippen molar-refractivity contribution in [1.29, 1.82) is 0 Å². The summed E-state index contributed by atoms with van der Waals surface area (Å²) in [6.45, 7) is 0. The zero-order chi connectivity index (χ0) is 24.6. The van der Waals surface area contributed by atoms with Crippen molar-refractivity contribution in [3.63, 3.8) is 0 Å². The second-order valence-electron chi connectivity index (χ2n) is 8.62. The van der Waals surface area contributed by atoms with Gasteiger partial charge < -0.3 is 9.47 Å². The third kappa shape index (κ3) is 4.58. The minimum absolute atomic E-state index is 0.121. The largest absolute Gasteiger partial charge is 0.461 e. The van der Waals surface area contributed by atoms with Gasteiger partial charge in [0.05, 0.1) is 6.42 Å². The molecule has 0 N–H and O–H groups in total. The molecular formula is C28H21F3O4. The Labute approximate surface area is 199 Å². The lowest BCUT2D eigenvalue weighted by atomic mass is 9.92. The molecule has 3 atom stereocenters. The smallest absolute Gasteiger partial charge is 0.429 e. The van der Waals surface area contributed by atoms with Gasteiger partial charge >= 0.3 is 18.1 Å². The maximum atomic E-state index is 14.5. The van der Waals surface area contributed by atoms with Crippen LogP contribution >= 0.6 is 0 Å². The molecule has 0 saturated carbocycles. The highest BCUT2D eigenvalue weighted by Crippen LogP contribution is 2.44. The quantitative estimate of drug-likeness (QED) is 0.249. The topological polar surface area (TPSA) is 52.6 Å². The van der Waals surface area contributed by atoms with Crippen LogP contribution in [-0.4, -0.2) is 24.2 Å². The van der Waals surface area contributed by atoms with E-state index in [0.717, 1.165) is 5.56 Å². The molecular weight excluding hydrogens is 457 g/mol. The van der Waals surface area contributed by atoms with Crippen LogP contribution in [-0.2, 0) is 25.5 Å². The van der Waals surface area contributed by atoms with Gasteiger partial charge in [0.1, 0.15) is 12.0 Å². The molecule has 0 spiro atoms. The lowest BCUT2D eigenvalue weighted by Crippen LogP contribution is -2.33. The summed E-state index contributed by atoms with van der Waals surface area (Å²) in [6.07, 6.45) is -8.38. The van der Waals surface area contributed by atoms with Gasteiger partial charge in [-0.2, -0.15) is 13.2 Å². The molecule has 4 aromatic rings. The van der Waals surface area contributed by atoms with Crippen molar-refractivity contribution in [2.75, 3.05) is 0 Å². The molecule has 0 radical (unpaired) electrons. The molecule has 1 fully saturated rings. The third-order valence-electron chi connectivity index (χ3n) is 6.31. The number of alkyl halides is 3. The van der Waals surface area contributed by atoms with Gasteiger partial charge in [-0.3, -0.25) is 9.59 Å². The third-order valence-corrected chi connectivity index (χ3v) is 6.31. The highest BCUT2D eigenvalue weighted by molar-refractivity contribution is 6.02. The molecule has 4 nitrogen and oxygen atoms in total. The predicted molar refractivity (Wildman–Crippen MR) is 124 cm³/mol. The van der Waals surface area contributed by atoms with Crippen molar-refractivity contribution in [3.8, 4) is 0 Å². The summed E-state index contributed by atoms with van der Waals surface area (Å²) in [4.78, 5) is 25.1. The van der Waals surface area contributed by atoms with E-state index in [2.05, 4.69) is 0 Å². The minimum Gasteiger partial charge on any atom is -0.461 e. The molecule has 0 aromatic heterocycles. The first-order valence-electron chi connectivity index (χ1n) is 11.2. The normalized spacial score (nSPS) is 19.0. The van der Waals surface area contributed by atoms with Crippen LogP contribution < -0.4 is 0 Å². The van der Waals surface area contributed by atoms with E-state index in [-0.39, 0.29) is 18.4 Å². The Morgan fingerprint density at radius 3 is 2.09 bits per heavy atom. The average Bonchev–Trinajstić information content (AvgIpc) is 3.21. The number of hydrogen-bond acceptors (Lipinski definition) is 4. The summed E-state index contributed by atoms with van der Waals surface area (Å²) < 4.78 is 53.9. The maximum absolute atomic E-state index is 14.5. The number of esters is 2. The van der Waals surface area contributed by atoms with Gasteiger partial charge in [0, 0.05) is 12.0 Å². The van der Waals surface area contributed by atoms with Crippen LogP contribution in [0.15, 0.2) is 84.9 Å². The summed E-state index contributed by atoms with van der Waals surface area (Å²) in [6, 6.07) is 24.2. The molecule has 1 saturated heterocycles. The van der Waals surface area contributed by atoms with Crippen molar-refractivity contribution in [2.24, 2.45) is 5.92 Å². The number of halogens is 3. The van der Waals surface area contributed by atoms with E-state index in [4.69, 9.17) is 9.47 Å². The molecule has 1 heterocycles. The Bertz CT molecular complexity index is 1340. The molecule has 5 rings (SSSR count). The molecule has 0 unspecified atom stereocenters. The Morgan fingerprint density at radius 2 is 1.49 bits per heavy atom. The summed E-state index contributed by atoms with van der Waals surface area (Å²) in [5.74, 6) is -2.86. The number of carbonyl (C=O) groups excluding carboxylic acids is 2. The van der Waals surface area contributed by atoms with E-state index in [0.29, 0.717) is 21.5 Å². The molecule has 0 aliphatic carbocycles. The lowest BCUT2D eigenvalue weighted by Gasteiger charge is -2.26. The van der Waals surface area contributed by atoms with Crippen LogP contribution in [0, 0.1) is 5.92 Å². The molecule has 35 heavy (non-hydrogen) atoms. The number of benzene rings is 4.